The van der Waals surface area contributed by atoms with Crippen LogP contribution in [-0.4, -0.2) is 37.2 Å². The number of ether oxygens (including phenoxy) is 3. The van der Waals surface area contributed by atoms with E-state index in [1.807, 2.05) is 0 Å². The van der Waals surface area contributed by atoms with Gasteiger partial charge in [-0.25, -0.2) is 0 Å². The van der Waals surface area contributed by atoms with Crippen LogP contribution in [0.25, 0.3) is 0 Å². The van der Waals surface area contributed by atoms with E-state index in [-0.39, 0.29) is 52.8 Å². The number of allylic oxidation sites excluding steroid dienone is 1. The fourth-order valence-electron chi connectivity index (χ4n) is 8.53. The van der Waals surface area contributed by atoms with E-state index in [2.05, 4.69) is 20.8 Å². The molecule has 3 fully saturated rings. The molecule has 0 heterocycles. The quantitative estimate of drug-likeness (QED) is 0.302. The third kappa shape index (κ3) is 4.19. The predicted octanol–water partition coefficient (Wildman–Crippen LogP) is 5.38. The number of fused-ring (bicyclic) bond motifs is 4. The molecule has 6 nitrogen and oxygen atoms in total. The summed E-state index contributed by atoms with van der Waals surface area (Å²) in [6, 6.07) is 0. The zero-order valence-electron chi connectivity index (χ0n) is 21.8. The van der Waals surface area contributed by atoms with E-state index in [9.17, 15) is 14.4 Å². The Bertz CT molecular complexity index is 876. The van der Waals surface area contributed by atoms with Gasteiger partial charge in [-0.2, -0.15) is 0 Å². The molecule has 0 unspecified atom stereocenters. The topological polar surface area (TPSA) is 78.9 Å². The summed E-state index contributed by atoms with van der Waals surface area (Å²) in [5.74, 6) is 0.766. The Kier molecular flexibility index (Phi) is 6.91. The molecule has 0 saturated heterocycles. The van der Waals surface area contributed by atoms with Crippen LogP contribution in [0.3, 0.4) is 0 Å². The maximum absolute atomic E-state index is 12.3. The van der Waals surface area contributed by atoms with Crippen molar-refractivity contribution in [1.82, 2.24) is 0 Å². The zero-order valence-corrected chi connectivity index (χ0v) is 21.8. The Hall–Kier alpha value is -1.85. The molecule has 190 valence electrons. The molecular weight excluding hydrogens is 432 g/mol. The number of carbonyl (C=O) groups excluding carboxylic acids is 3. The molecule has 0 spiro atoms. The Balaban J connectivity index is 1.68. The largest absolute Gasteiger partial charge is 0.469 e. The number of rotatable bonds is 5. The number of hydrogen-bond acceptors (Lipinski definition) is 6. The number of carbonyl (C=O) groups is 3. The molecule has 34 heavy (non-hydrogen) atoms. The van der Waals surface area contributed by atoms with Gasteiger partial charge in [0.1, 0.15) is 12.2 Å². The summed E-state index contributed by atoms with van der Waals surface area (Å²) in [5.41, 5.74) is 3.00. The SMILES string of the molecule is COC(=O)C[C@@H](C)[C@@H]1CCC2=C3CC[C@@H]4C[C@H](OC(C)=O)CC[C@]4(C)[C@@H]3C[C@H](OC(C)=O)[C@@]21C. The average molecular weight is 475 g/mol. The lowest BCUT2D eigenvalue weighted by molar-refractivity contribution is -0.161. The minimum atomic E-state index is -0.233. The molecule has 0 bridgehead atoms. The molecule has 0 amide bonds. The van der Waals surface area contributed by atoms with Crippen LogP contribution < -0.4 is 0 Å². The average Bonchev–Trinajstić information content (AvgIpc) is 3.12. The minimum absolute atomic E-state index is 0.0259. The van der Waals surface area contributed by atoms with Gasteiger partial charge in [-0.05, 0) is 80.5 Å². The molecule has 0 aromatic heterocycles. The second-order valence-corrected chi connectivity index (χ2v) is 11.8. The molecule has 6 heteroatoms. The molecule has 4 rings (SSSR count). The minimum Gasteiger partial charge on any atom is -0.469 e. The Morgan fingerprint density at radius 1 is 1.00 bits per heavy atom. The van der Waals surface area contributed by atoms with E-state index >= 15 is 0 Å². The van der Waals surface area contributed by atoms with E-state index in [0.717, 1.165) is 51.4 Å². The summed E-state index contributed by atoms with van der Waals surface area (Å²) in [5, 5.41) is 0. The van der Waals surface area contributed by atoms with Gasteiger partial charge in [0, 0.05) is 25.7 Å². The highest BCUT2D eigenvalue weighted by atomic mass is 16.5. The van der Waals surface area contributed by atoms with Gasteiger partial charge in [0.15, 0.2) is 0 Å². The first-order valence-electron chi connectivity index (χ1n) is 13.1. The van der Waals surface area contributed by atoms with Crippen LogP contribution in [0.1, 0.15) is 92.4 Å². The maximum atomic E-state index is 12.3. The zero-order chi connectivity index (χ0) is 24.8. The number of hydrogen-bond donors (Lipinski definition) is 0. The standard InChI is InChI=1S/C28H42O6/c1-16(13-26(31)32-6)22-9-10-23-21-8-7-19-14-20(33-17(2)29)11-12-27(19,4)24(21)15-25(28(22,23)5)34-18(3)30/h16,19-20,22,24-25H,7-15H2,1-6H3/t16-,19-,20-,22+,24-,25+,27+,28-/m1/s1. The van der Waals surface area contributed by atoms with E-state index in [1.165, 1.54) is 26.5 Å². The first-order valence-corrected chi connectivity index (χ1v) is 13.1. The summed E-state index contributed by atoms with van der Waals surface area (Å²) in [6.07, 6.45) is 8.20. The van der Waals surface area contributed by atoms with E-state index in [4.69, 9.17) is 14.2 Å². The summed E-state index contributed by atoms with van der Waals surface area (Å²) in [6.45, 7) is 9.87. The van der Waals surface area contributed by atoms with Gasteiger partial charge in [-0.15, -0.1) is 0 Å². The van der Waals surface area contributed by atoms with E-state index < -0.39 is 0 Å². The highest BCUT2D eigenvalue weighted by Gasteiger charge is 2.60. The molecule has 8 atom stereocenters. The van der Waals surface area contributed by atoms with Crippen LogP contribution in [0, 0.1) is 34.5 Å². The van der Waals surface area contributed by atoms with Gasteiger partial charge >= 0.3 is 17.9 Å². The van der Waals surface area contributed by atoms with Crippen LogP contribution in [0.2, 0.25) is 0 Å². The first kappa shape index (κ1) is 25.2. The summed E-state index contributed by atoms with van der Waals surface area (Å²) < 4.78 is 16.7. The van der Waals surface area contributed by atoms with Crippen LogP contribution in [0.5, 0.6) is 0 Å². The third-order valence-corrected chi connectivity index (χ3v) is 10.1. The molecule has 0 aliphatic heterocycles. The first-order chi connectivity index (χ1) is 16.0. The Morgan fingerprint density at radius 2 is 1.71 bits per heavy atom. The second kappa shape index (κ2) is 9.31. The third-order valence-electron chi connectivity index (χ3n) is 10.1. The van der Waals surface area contributed by atoms with Crippen molar-refractivity contribution in [3.05, 3.63) is 11.1 Å². The maximum Gasteiger partial charge on any atom is 0.305 e. The second-order valence-electron chi connectivity index (χ2n) is 11.8. The van der Waals surface area contributed by atoms with Crippen molar-refractivity contribution in [2.24, 2.45) is 34.5 Å². The van der Waals surface area contributed by atoms with Crippen LogP contribution >= 0.6 is 0 Å². The molecule has 4 aliphatic rings. The van der Waals surface area contributed by atoms with Crippen molar-refractivity contribution in [3.63, 3.8) is 0 Å². The lowest BCUT2D eigenvalue weighted by Gasteiger charge is -2.58. The summed E-state index contributed by atoms with van der Waals surface area (Å²) >= 11 is 0. The lowest BCUT2D eigenvalue weighted by Crippen LogP contribution is -2.53. The van der Waals surface area contributed by atoms with Gasteiger partial charge in [-0.3, -0.25) is 14.4 Å². The Labute approximate surface area is 204 Å². The van der Waals surface area contributed by atoms with Crippen LogP contribution in [-0.2, 0) is 28.6 Å². The van der Waals surface area contributed by atoms with Gasteiger partial charge in [0.2, 0.25) is 0 Å². The smallest absolute Gasteiger partial charge is 0.305 e. The van der Waals surface area contributed by atoms with Crippen molar-refractivity contribution in [2.45, 2.75) is 105 Å². The van der Waals surface area contributed by atoms with Gasteiger partial charge in [0.25, 0.3) is 0 Å². The highest BCUT2D eigenvalue weighted by Crippen LogP contribution is 2.66. The van der Waals surface area contributed by atoms with Crippen LogP contribution in [0.15, 0.2) is 11.1 Å². The summed E-state index contributed by atoms with van der Waals surface area (Å²) in [7, 11) is 1.45. The molecule has 0 radical (unpaired) electrons. The highest BCUT2D eigenvalue weighted by molar-refractivity contribution is 5.69. The molecule has 4 aliphatic carbocycles. The Morgan fingerprint density at radius 3 is 2.35 bits per heavy atom. The molecular formula is C28H42O6. The molecule has 0 aromatic rings. The van der Waals surface area contributed by atoms with Gasteiger partial charge in [0.05, 0.1) is 7.11 Å². The van der Waals surface area contributed by atoms with E-state index in [1.54, 1.807) is 5.57 Å². The predicted molar refractivity (Wildman–Crippen MR) is 128 cm³/mol. The van der Waals surface area contributed by atoms with Crippen molar-refractivity contribution in [1.29, 1.82) is 0 Å². The molecule has 0 aromatic carbocycles. The van der Waals surface area contributed by atoms with Crippen molar-refractivity contribution in [2.75, 3.05) is 7.11 Å². The normalized spacial score (nSPS) is 39.9. The lowest BCUT2D eigenvalue weighted by atomic mass is 9.48. The molecule has 3 saturated carbocycles. The fraction of sp³-hybridized carbons (Fsp3) is 0.821. The van der Waals surface area contributed by atoms with E-state index in [0.29, 0.717) is 18.3 Å². The number of esters is 3. The van der Waals surface area contributed by atoms with Crippen LogP contribution in [0.4, 0.5) is 0 Å². The number of methoxy groups -OCH3 is 1. The van der Waals surface area contributed by atoms with Crippen molar-refractivity contribution in [3.8, 4) is 0 Å². The monoisotopic (exact) mass is 474 g/mol. The fourth-order valence-corrected chi connectivity index (χ4v) is 8.53. The van der Waals surface area contributed by atoms with Gasteiger partial charge < -0.3 is 14.2 Å². The van der Waals surface area contributed by atoms with Gasteiger partial charge in [-0.1, -0.05) is 31.9 Å². The molecule has 0 N–H and O–H groups in total. The van der Waals surface area contributed by atoms with Crippen molar-refractivity contribution >= 4 is 17.9 Å². The van der Waals surface area contributed by atoms with Crippen molar-refractivity contribution < 1.29 is 28.6 Å². The summed E-state index contributed by atoms with van der Waals surface area (Å²) in [4.78, 5) is 35.9.